The number of hydrogen-bond donors (Lipinski definition) is 1. The first-order valence-electron chi connectivity index (χ1n) is 8.72. The molecule has 1 aliphatic rings. The van der Waals surface area contributed by atoms with Gasteiger partial charge in [-0.25, -0.2) is 0 Å². The van der Waals surface area contributed by atoms with Crippen LogP contribution in [0.5, 0.6) is 0 Å². The number of hydrogen-bond acceptors (Lipinski definition) is 6. The van der Waals surface area contributed by atoms with Gasteiger partial charge in [0.1, 0.15) is 5.69 Å². The van der Waals surface area contributed by atoms with Crippen molar-refractivity contribution in [1.82, 2.24) is 0 Å². The average molecular weight is 376 g/mol. The molecule has 0 aromatic heterocycles. The fourth-order valence-electron chi connectivity index (χ4n) is 3.65. The van der Waals surface area contributed by atoms with Crippen molar-refractivity contribution in [3.63, 3.8) is 0 Å². The highest BCUT2D eigenvalue weighted by atomic mass is 16.6. The lowest BCUT2D eigenvalue weighted by atomic mass is 9.98. The van der Waals surface area contributed by atoms with E-state index in [-0.39, 0.29) is 11.4 Å². The van der Waals surface area contributed by atoms with Crippen LogP contribution in [0.25, 0.3) is 10.8 Å². The number of nitro benzene ring substituents is 2. The van der Waals surface area contributed by atoms with Gasteiger partial charge in [-0.05, 0) is 47.7 Å². The molecule has 0 spiro atoms. The Morgan fingerprint density at radius 2 is 1.75 bits per heavy atom. The SMILES string of the molecule is CC(=NNc1ccc([N+](=O)[O-])cc1[N+](=O)[O-])c1ccc2c3c(cccc13)CC2. The van der Waals surface area contributed by atoms with Crippen molar-refractivity contribution in [1.29, 1.82) is 0 Å². The van der Waals surface area contributed by atoms with Crippen LogP contribution < -0.4 is 5.43 Å². The first kappa shape index (κ1) is 17.6. The number of nitro groups is 2. The molecule has 28 heavy (non-hydrogen) atoms. The van der Waals surface area contributed by atoms with Gasteiger partial charge in [-0.15, -0.1) is 0 Å². The molecule has 0 saturated carbocycles. The van der Waals surface area contributed by atoms with Crippen LogP contribution in [0.3, 0.4) is 0 Å². The van der Waals surface area contributed by atoms with Crippen LogP contribution in [0.1, 0.15) is 23.6 Å². The van der Waals surface area contributed by atoms with Gasteiger partial charge in [0.25, 0.3) is 5.69 Å². The Morgan fingerprint density at radius 1 is 1.00 bits per heavy atom. The molecule has 0 amide bonds. The third kappa shape index (κ3) is 2.94. The molecule has 0 radical (unpaired) electrons. The predicted octanol–water partition coefficient (Wildman–Crippen LogP) is 4.59. The number of anilines is 1. The van der Waals surface area contributed by atoms with E-state index >= 15 is 0 Å². The second kappa shape index (κ2) is 6.73. The van der Waals surface area contributed by atoms with E-state index in [4.69, 9.17) is 0 Å². The number of non-ortho nitro benzene ring substituents is 1. The largest absolute Gasteiger partial charge is 0.301 e. The summed E-state index contributed by atoms with van der Waals surface area (Å²) in [6.07, 6.45) is 2.05. The second-order valence-corrected chi connectivity index (χ2v) is 6.64. The first-order chi connectivity index (χ1) is 13.5. The maximum absolute atomic E-state index is 11.3. The molecule has 0 fully saturated rings. The zero-order valence-corrected chi connectivity index (χ0v) is 15.0. The summed E-state index contributed by atoms with van der Waals surface area (Å²) >= 11 is 0. The van der Waals surface area contributed by atoms with Crippen molar-refractivity contribution >= 4 is 33.5 Å². The third-order valence-electron chi connectivity index (χ3n) is 5.00. The molecule has 3 aromatic carbocycles. The van der Waals surface area contributed by atoms with Crippen LogP contribution in [0.4, 0.5) is 17.1 Å². The number of rotatable bonds is 5. The maximum atomic E-state index is 11.3. The van der Waals surface area contributed by atoms with Crippen LogP contribution >= 0.6 is 0 Å². The molecule has 0 heterocycles. The number of benzene rings is 3. The van der Waals surface area contributed by atoms with Crippen molar-refractivity contribution in [2.45, 2.75) is 19.8 Å². The second-order valence-electron chi connectivity index (χ2n) is 6.64. The van der Waals surface area contributed by atoms with Crippen molar-refractivity contribution in [3.05, 3.63) is 85.4 Å². The summed E-state index contributed by atoms with van der Waals surface area (Å²) in [6, 6.07) is 13.7. The average Bonchev–Trinajstić information content (AvgIpc) is 3.11. The molecule has 1 aliphatic carbocycles. The molecule has 140 valence electrons. The fourth-order valence-corrected chi connectivity index (χ4v) is 3.65. The molecule has 0 bridgehead atoms. The number of hydrazone groups is 1. The third-order valence-corrected chi connectivity index (χ3v) is 5.00. The minimum absolute atomic E-state index is 0.0980. The van der Waals surface area contributed by atoms with Gasteiger partial charge in [-0.3, -0.25) is 25.7 Å². The molecule has 3 aromatic rings. The van der Waals surface area contributed by atoms with Crippen molar-refractivity contribution < 1.29 is 9.85 Å². The van der Waals surface area contributed by atoms with E-state index in [2.05, 4.69) is 28.7 Å². The topological polar surface area (TPSA) is 111 Å². The van der Waals surface area contributed by atoms with E-state index in [1.807, 2.05) is 19.1 Å². The first-order valence-corrected chi connectivity index (χ1v) is 8.72. The minimum Gasteiger partial charge on any atom is -0.271 e. The lowest BCUT2D eigenvalue weighted by Gasteiger charge is -2.09. The van der Waals surface area contributed by atoms with Gasteiger partial charge in [0, 0.05) is 11.6 Å². The monoisotopic (exact) mass is 376 g/mol. The Bertz CT molecular complexity index is 1160. The summed E-state index contributed by atoms with van der Waals surface area (Å²) in [6.45, 7) is 1.82. The summed E-state index contributed by atoms with van der Waals surface area (Å²) in [5.41, 5.74) is 6.31. The minimum atomic E-state index is -0.669. The zero-order chi connectivity index (χ0) is 19.8. The molecule has 0 unspecified atom stereocenters. The summed E-state index contributed by atoms with van der Waals surface area (Å²) < 4.78 is 0. The highest BCUT2D eigenvalue weighted by Gasteiger charge is 2.20. The number of nitrogens with one attached hydrogen (secondary N) is 1. The lowest BCUT2D eigenvalue weighted by molar-refractivity contribution is -0.393. The Kier molecular flexibility index (Phi) is 4.23. The van der Waals surface area contributed by atoms with E-state index in [1.165, 1.54) is 28.6 Å². The Morgan fingerprint density at radius 3 is 2.46 bits per heavy atom. The molecule has 0 aliphatic heterocycles. The van der Waals surface area contributed by atoms with Gasteiger partial charge in [-0.1, -0.05) is 30.3 Å². The molecule has 1 N–H and O–H groups in total. The summed E-state index contributed by atoms with van der Waals surface area (Å²) in [7, 11) is 0. The number of nitrogens with zero attached hydrogens (tertiary/aromatic N) is 3. The van der Waals surface area contributed by atoms with Gasteiger partial charge in [0.05, 0.1) is 21.6 Å². The Hall–Kier alpha value is -3.81. The molecule has 8 heteroatoms. The van der Waals surface area contributed by atoms with Gasteiger partial charge in [-0.2, -0.15) is 5.10 Å². The van der Waals surface area contributed by atoms with Crippen LogP contribution in [-0.2, 0) is 12.8 Å². The standard InChI is InChI=1S/C20H16N4O4/c1-12(16-9-7-14-6-5-13-3-2-4-17(16)20(13)14)21-22-18-10-8-15(23(25)26)11-19(18)24(27)28/h2-4,7-11,22H,5-6H2,1H3. The highest BCUT2D eigenvalue weighted by molar-refractivity contribution is 6.11. The predicted molar refractivity (Wildman–Crippen MR) is 107 cm³/mol. The Balaban J connectivity index is 1.71. The van der Waals surface area contributed by atoms with Crippen molar-refractivity contribution in [2.24, 2.45) is 5.10 Å². The summed E-state index contributed by atoms with van der Waals surface area (Å²) in [5.74, 6) is 0. The van der Waals surface area contributed by atoms with E-state index in [0.717, 1.165) is 29.9 Å². The van der Waals surface area contributed by atoms with Gasteiger partial charge >= 0.3 is 5.69 Å². The zero-order valence-electron chi connectivity index (χ0n) is 15.0. The van der Waals surface area contributed by atoms with E-state index in [0.29, 0.717) is 5.71 Å². The molecular formula is C20H16N4O4. The van der Waals surface area contributed by atoms with Crippen molar-refractivity contribution in [2.75, 3.05) is 5.43 Å². The van der Waals surface area contributed by atoms with E-state index in [1.54, 1.807) is 0 Å². The fraction of sp³-hybridized carbons (Fsp3) is 0.150. The van der Waals surface area contributed by atoms with Gasteiger partial charge in [0.2, 0.25) is 0 Å². The van der Waals surface area contributed by atoms with E-state index < -0.39 is 15.5 Å². The Labute approximate surface area is 159 Å². The van der Waals surface area contributed by atoms with Crippen LogP contribution in [0.2, 0.25) is 0 Å². The van der Waals surface area contributed by atoms with E-state index in [9.17, 15) is 20.2 Å². The maximum Gasteiger partial charge on any atom is 0.301 e. The van der Waals surface area contributed by atoms with Crippen LogP contribution in [0, 0.1) is 20.2 Å². The molecule has 8 nitrogen and oxygen atoms in total. The molecule has 0 atom stereocenters. The number of aryl methyl sites for hydroxylation is 2. The van der Waals surface area contributed by atoms with Gasteiger partial charge < -0.3 is 0 Å². The van der Waals surface area contributed by atoms with Crippen LogP contribution in [-0.4, -0.2) is 15.6 Å². The highest BCUT2D eigenvalue weighted by Crippen LogP contribution is 2.33. The molecule has 4 rings (SSSR count). The summed E-state index contributed by atoms with van der Waals surface area (Å²) in [4.78, 5) is 20.8. The normalized spacial score (nSPS) is 13.0. The van der Waals surface area contributed by atoms with Crippen molar-refractivity contribution in [3.8, 4) is 0 Å². The summed E-state index contributed by atoms with van der Waals surface area (Å²) in [5, 5.41) is 28.8. The molecular weight excluding hydrogens is 360 g/mol. The quantitative estimate of drug-likeness (QED) is 0.398. The van der Waals surface area contributed by atoms with Crippen LogP contribution in [0.15, 0.2) is 53.6 Å². The molecule has 0 saturated heterocycles. The van der Waals surface area contributed by atoms with Gasteiger partial charge in [0.15, 0.2) is 0 Å². The lowest BCUT2D eigenvalue weighted by Crippen LogP contribution is -2.03. The smallest absolute Gasteiger partial charge is 0.271 e.